The highest BCUT2D eigenvalue weighted by atomic mass is 35.5. The second kappa shape index (κ2) is 6.23. The summed E-state index contributed by atoms with van der Waals surface area (Å²) in [5.41, 5.74) is -0.981. The Kier molecular flexibility index (Phi) is 4.59. The summed E-state index contributed by atoms with van der Waals surface area (Å²) in [6.45, 7) is -0.557. The first-order chi connectivity index (χ1) is 9.97. The van der Waals surface area contributed by atoms with E-state index < -0.39 is 18.3 Å². The van der Waals surface area contributed by atoms with Crippen LogP contribution in [-0.2, 0) is 6.54 Å². The molecule has 0 radical (unpaired) electrons. The molecule has 0 spiro atoms. The molecule has 1 aromatic heterocycles. The molecule has 10 heteroatoms. The van der Waals surface area contributed by atoms with Crippen molar-refractivity contribution in [2.24, 2.45) is 0 Å². The first-order valence-corrected chi connectivity index (χ1v) is 6.53. The molecule has 2 aromatic rings. The molecule has 112 valence electrons. The number of halogens is 3. The molecule has 0 aliphatic heterocycles. The van der Waals surface area contributed by atoms with Gasteiger partial charge in [-0.15, -0.1) is 0 Å². The smallest absolute Gasteiger partial charge is 0.368 e. The third kappa shape index (κ3) is 2.91. The Balaban J connectivity index is 2.57. The summed E-state index contributed by atoms with van der Waals surface area (Å²) < 4.78 is 13.9. The minimum Gasteiger partial charge on any atom is -0.478 e. The summed E-state index contributed by atoms with van der Waals surface area (Å²) in [5.74, 6) is -1.27. The fourth-order valence-electron chi connectivity index (χ4n) is 1.66. The molecule has 7 nitrogen and oxygen atoms in total. The summed E-state index contributed by atoms with van der Waals surface area (Å²) in [6.07, 6.45) is 0.106. The Morgan fingerprint density at radius 3 is 2.67 bits per heavy atom. The van der Waals surface area contributed by atoms with Crippen molar-refractivity contribution in [3.05, 3.63) is 38.2 Å². The maximum atomic E-state index is 12.1. The van der Waals surface area contributed by atoms with Gasteiger partial charge in [-0.3, -0.25) is 4.39 Å². The number of rotatable bonds is 5. The lowest BCUT2D eigenvalue weighted by molar-refractivity contribution is 0.0697. The zero-order valence-corrected chi connectivity index (χ0v) is 12.0. The van der Waals surface area contributed by atoms with Crippen LogP contribution in [0.1, 0.15) is 16.8 Å². The lowest BCUT2D eigenvalue weighted by Gasteiger charge is -2.07. The number of aryl methyl sites for hydroxylation is 1. The van der Waals surface area contributed by atoms with Gasteiger partial charge < -0.3 is 5.11 Å². The third-order valence-electron chi connectivity index (χ3n) is 2.65. The Hall–Kier alpha value is -1.93. The molecule has 0 aliphatic carbocycles. The lowest BCUT2D eigenvalue weighted by atomic mass is 10.2. The van der Waals surface area contributed by atoms with Gasteiger partial charge in [0.1, 0.15) is 5.69 Å². The van der Waals surface area contributed by atoms with Gasteiger partial charge in [0.2, 0.25) is 0 Å². The van der Waals surface area contributed by atoms with Crippen LogP contribution in [0, 0.1) is 0 Å². The monoisotopic (exact) mass is 334 g/mol. The van der Waals surface area contributed by atoms with Crippen LogP contribution in [0.25, 0.3) is 5.69 Å². The maximum Gasteiger partial charge on any atom is 0.368 e. The van der Waals surface area contributed by atoms with E-state index in [1.807, 2.05) is 0 Å². The average molecular weight is 335 g/mol. The number of carbonyl (C=O) groups is 1. The molecule has 2 rings (SSSR count). The molecule has 0 unspecified atom stereocenters. The second-order valence-corrected chi connectivity index (χ2v) is 4.79. The van der Waals surface area contributed by atoms with Crippen molar-refractivity contribution in [1.82, 2.24) is 19.8 Å². The Morgan fingerprint density at radius 1 is 1.33 bits per heavy atom. The predicted octanol–water partition coefficient (Wildman–Crippen LogP) is 1.79. The maximum absolute atomic E-state index is 12.1. The standard InChI is InChI=1S/C11H9Cl2FN4O3/c12-7-3-2-6(10(19)20)8(13)9(7)18-11(21)17(15-16-18)5-1-4-14/h2-3H,1,4-5H2,(H,19,20). The van der Waals surface area contributed by atoms with E-state index >= 15 is 0 Å². The number of tetrazole rings is 1. The largest absolute Gasteiger partial charge is 0.478 e. The Bertz CT molecular complexity index is 744. The van der Waals surface area contributed by atoms with Gasteiger partial charge in [-0.05, 0) is 29.0 Å². The minimum absolute atomic E-state index is 0.0448. The van der Waals surface area contributed by atoms with E-state index in [1.54, 1.807) is 0 Å². The van der Waals surface area contributed by atoms with Crippen molar-refractivity contribution in [3.63, 3.8) is 0 Å². The number of aromatic carboxylic acids is 1. The second-order valence-electron chi connectivity index (χ2n) is 4.00. The number of alkyl halides is 1. The first-order valence-electron chi connectivity index (χ1n) is 5.77. The van der Waals surface area contributed by atoms with Crippen LogP contribution in [0.5, 0.6) is 0 Å². The van der Waals surface area contributed by atoms with Gasteiger partial charge in [0.25, 0.3) is 0 Å². The summed E-state index contributed by atoms with van der Waals surface area (Å²) in [7, 11) is 0. The summed E-state index contributed by atoms with van der Waals surface area (Å²) >= 11 is 11.9. The van der Waals surface area contributed by atoms with E-state index in [2.05, 4.69) is 10.4 Å². The molecule has 0 bridgehead atoms. The zero-order valence-electron chi connectivity index (χ0n) is 10.5. The van der Waals surface area contributed by atoms with Crippen molar-refractivity contribution < 1.29 is 14.3 Å². The van der Waals surface area contributed by atoms with Gasteiger partial charge in [-0.25, -0.2) is 9.59 Å². The SMILES string of the molecule is O=C(O)c1ccc(Cl)c(-n2nnn(CCCF)c2=O)c1Cl. The zero-order chi connectivity index (χ0) is 15.6. The number of carboxylic acids is 1. The molecular weight excluding hydrogens is 326 g/mol. The van der Waals surface area contributed by atoms with Crippen LogP contribution in [0.15, 0.2) is 16.9 Å². The Labute approximate surface area is 127 Å². The molecule has 1 aromatic carbocycles. The van der Waals surface area contributed by atoms with E-state index in [0.29, 0.717) is 0 Å². The quantitative estimate of drug-likeness (QED) is 0.900. The van der Waals surface area contributed by atoms with Gasteiger partial charge in [0.05, 0.1) is 28.8 Å². The molecular formula is C11H9Cl2FN4O3. The van der Waals surface area contributed by atoms with E-state index in [9.17, 15) is 14.0 Å². The number of hydrogen-bond acceptors (Lipinski definition) is 4. The number of carboxylic acid groups (broad SMARTS) is 1. The molecule has 0 saturated heterocycles. The first kappa shape index (κ1) is 15.5. The highest BCUT2D eigenvalue weighted by Gasteiger charge is 2.20. The minimum atomic E-state index is -1.27. The van der Waals surface area contributed by atoms with Crippen LogP contribution >= 0.6 is 23.2 Å². The lowest BCUT2D eigenvalue weighted by Crippen LogP contribution is -2.25. The van der Waals surface area contributed by atoms with Crippen LogP contribution in [-0.4, -0.2) is 37.5 Å². The number of nitrogens with zero attached hydrogens (tertiary/aromatic N) is 4. The van der Waals surface area contributed by atoms with E-state index in [-0.39, 0.29) is 34.3 Å². The van der Waals surface area contributed by atoms with Crippen molar-refractivity contribution >= 4 is 29.2 Å². The van der Waals surface area contributed by atoms with E-state index in [4.69, 9.17) is 28.3 Å². The molecule has 21 heavy (non-hydrogen) atoms. The number of hydrogen-bond donors (Lipinski definition) is 1. The van der Waals surface area contributed by atoms with Crippen LogP contribution in [0.2, 0.25) is 10.0 Å². The fraction of sp³-hybridized carbons (Fsp3) is 0.273. The van der Waals surface area contributed by atoms with Gasteiger partial charge in [-0.1, -0.05) is 23.2 Å². The molecule has 0 atom stereocenters. The number of aromatic nitrogens is 4. The predicted molar refractivity (Wildman–Crippen MR) is 73.2 cm³/mol. The molecule has 0 amide bonds. The molecule has 1 N–H and O–H groups in total. The summed E-state index contributed by atoms with van der Waals surface area (Å²) in [5, 5.41) is 16.0. The Morgan fingerprint density at radius 2 is 2.05 bits per heavy atom. The van der Waals surface area contributed by atoms with Crippen LogP contribution < -0.4 is 5.69 Å². The summed E-state index contributed by atoms with van der Waals surface area (Å²) in [6, 6.07) is 2.51. The highest BCUT2D eigenvalue weighted by Crippen LogP contribution is 2.30. The van der Waals surface area contributed by atoms with Crippen molar-refractivity contribution in [1.29, 1.82) is 0 Å². The molecule has 0 aliphatic rings. The number of benzene rings is 1. The summed E-state index contributed by atoms with van der Waals surface area (Å²) in [4.78, 5) is 23.1. The molecule has 0 saturated carbocycles. The van der Waals surface area contributed by atoms with Crippen molar-refractivity contribution in [3.8, 4) is 5.69 Å². The highest BCUT2D eigenvalue weighted by molar-refractivity contribution is 6.39. The van der Waals surface area contributed by atoms with Gasteiger partial charge in [0.15, 0.2) is 0 Å². The normalized spacial score (nSPS) is 10.8. The average Bonchev–Trinajstić information content (AvgIpc) is 2.78. The van der Waals surface area contributed by atoms with Crippen molar-refractivity contribution in [2.45, 2.75) is 13.0 Å². The van der Waals surface area contributed by atoms with E-state index in [1.165, 1.54) is 12.1 Å². The van der Waals surface area contributed by atoms with Crippen molar-refractivity contribution in [2.75, 3.05) is 6.67 Å². The van der Waals surface area contributed by atoms with Crippen LogP contribution in [0.4, 0.5) is 4.39 Å². The third-order valence-corrected chi connectivity index (χ3v) is 3.34. The molecule has 0 fully saturated rings. The molecule has 1 heterocycles. The van der Waals surface area contributed by atoms with Gasteiger partial charge in [-0.2, -0.15) is 9.36 Å². The van der Waals surface area contributed by atoms with Gasteiger partial charge in [0, 0.05) is 0 Å². The van der Waals surface area contributed by atoms with E-state index in [0.717, 1.165) is 9.36 Å². The fourth-order valence-corrected chi connectivity index (χ4v) is 2.28. The topological polar surface area (TPSA) is 90.0 Å². The van der Waals surface area contributed by atoms with Gasteiger partial charge >= 0.3 is 11.7 Å². The van der Waals surface area contributed by atoms with Crippen LogP contribution in [0.3, 0.4) is 0 Å².